The Labute approximate surface area is 172 Å². The van der Waals surface area contributed by atoms with Crippen LogP contribution >= 0.6 is 0 Å². The van der Waals surface area contributed by atoms with Crippen LogP contribution in [0.5, 0.6) is 5.75 Å². The van der Waals surface area contributed by atoms with Crippen LogP contribution in [0.4, 0.5) is 0 Å². The van der Waals surface area contributed by atoms with Gasteiger partial charge in [0.05, 0.1) is 11.6 Å². The highest BCUT2D eigenvalue weighted by Crippen LogP contribution is 2.23. The number of carbonyl (C=O) groups excluding carboxylic acids is 1. The number of hydrogen-bond acceptors (Lipinski definition) is 3. The maximum absolute atomic E-state index is 12.7. The first-order valence-corrected chi connectivity index (χ1v) is 9.63. The van der Waals surface area contributed by atoms with Crippen LogP contribution in [0.25, 0.3) is 11.1 Å². The van der Waals surface area contributed by atoms with Gasteiger partial charge in [-0.25, -0.2) is 0 Å². The van der Waals surface area contributed by atoms with Gasteiger partial charge in [-0.3, -0.25) is 4.79 Å². The van der Waals surface area contributed by atoms with Gasteiger partial charge in [-0.05, 0) is 54.8 Å². The van der Waals surface area contributed by atoms with Crippen LogP contribution in [-0.4, -0.2) is 23.5 Å². The molecule has 3 aromatic rings. The van der Waals surface area contributed by atoms with Crippen molar-refractivity contribution in [3.63, 3.8) is 0 Å². The number of ether oxygens (including phenoxy) is 1. The molecule has 0 unspecified atom stereocenters. The van der Waals surface area contributed by atoms with E-state index in [0.29, 0.717) is 17.9 Å². The van der Waals surface area contributed by atoms with E-state index in [0.717, 1.165) is 16.7 Å². The second kappa shape index (κ2) is 9.57. The first-order valence-electron chi connectivity index (χ1n) is 9.63. The van der Waals surface area contributed by atoms with Crippen LogP contribution < -0.4 is 4.74 Å². The molecule has 0 aliphatic heterocycles. The molecule has 0 atom stereocenters. The highest BCUT2D eigenvalue weighted by molar-refractivity contribution is 5.78. The van der Waals surface area contributed by atoms with Gasteiger partial charge in [-0.1, -0.05) is 54.6 Å². The zero-order valence-corrected chi connectivity index (χ0v) is 16.7. The van der Waals surface area contributed by atoms with Crippen molar-refractivity contribution in [1.29, 1.82) is 5.26 Å². The van der Waals surface area contributed by atoms with Crippen molar-refractivity contribution < 1.29 is 9.53 Å². The average Bonchev–Trinajstić information content (AvgIpc) is 2.77. The summed E-state index contributed by atoms with van der Waals surface area (Å²) in [5.41, 5.74) is 3.79. The molecule has 0 aliphatic carbocycles. The van der Waals surface area contributed by atoms with Gasteiger partial charge < -0.3 is 9.64 Å². The van der Waals surface area contributed by atoms with Crippen LogP contribution in [-0.2, 0) is 11.3 Å². The molecule has 29 heavy (non-hydrogen) atoms. The second-order valence-corrected chi connectivity index (χ2v) is 7.10. The lowest BCUT2D eigenvalue weighted by molar-refractivity contribution is -0.135. The summed E-state index contributed by atoms with van der Waals surface area (Å²) in [7, 11) is 0. The van der Waals surface area contributed by atoms with Gasteiger partial charge in [-0.2, -0.15) is 5.26 Å². The lowest BCUT2D eigenvalue weighted by atomic mass is 10.0. The molecule has 146 valence electrons. The molecule has 0 aromatic heterocycles. The summed E-state index contributed by atoms with van der Waals surface area (Å²) in [4.78, 5) is 14.5. The molecule has 0 radical (unpaired) electrons. The Morgan fingerprint density at radius 3 is 2.07 bits per heavy atom. The predicted octanol–water partition coefficient (Wildman–Crippen LogP) is 5.04. The van der Waals surface area contributed by atoms with Gasteiger partial charge in [0.25, 0.3) is 5.91 Å². The lowest BCUT2D eigenvalue weighted by Crippen LogP contribution is -2.39. The fraction of sp³-hybridized carbons (Fsp3) is 0.200. The monoisotopic (exact) mass is 384 g/mol. The summed E-state index contributed by atoms with van der Waals surface area (Å²) in [5, 5.41) is 8.90. The Hall–Kier alpha value is -3.58. The molecule has 0 bridgehead atoms. The molecule has 3 rings (SSSR count). The number of benzene rings is 3. The smallest absolute Gasteiger partial charge is 0.261 e. The first-order chi connectivity index (χ1) is 14.1. The summed E-state index contributed by atoms with van der Waals surface area (Å²) in [6.45, 7) is 4.58. The number of carbonyl (C=O) groups is 1. The Bertz CT molecular complexity index is 972. The normalized spacial score (nSPS) is 10.4. The van der Waals surface area contributed by atoms with Gasteiger partial charge >= 0.3 is 0 Å². The largest absolute Gasteiger partial charge is 0.484 e. The number of rotatable bonds is 7. The molecular weight excluding hydrogens is 360 g/mol. The van der Waals surface area contributed by atoms with Crippen molar-refractivity contribution in [2.24, 2.45) is 0 Å². The van der Waals surface area contributed by atoms with E-state index in [1.807, 2.05) is 85.5 Å². The third-order valence-electron chi connectivity index (χ3n) is 4.70. The van der Waals surface area contributed by atoms with Gasteiger partial charge in [0, 0.05) is 12.6 Å². The Balaban J connectivity index is 1.60. The number of nitrogens with zero attached hydrogens (tertiary/aromatic N) is 2. The molecule has 0 saturated heterocycles. The third-order valence-corrected chi connectivity index (χ3v) is 4.70. The minimum absolute atomic E-state index is 0.00122. The van der Waals surface area contributed by atoms with Crippen molar-refractivity contribution in [1.82, 2.24) is 4.90 Å². The lowest BCUT2D eigenvalue weighted by Gasteiger charge is -2.27. The molecule has 0 N–H and O–H groups in total. The quantitative estimate of drug-likeness (QED) is 0.573. The highest BCUT2D eigenvalue weighted by atomic mass is 16.5. The van der Waals surface area contributed by atoms with E-state index in [1.165, 1.54) is 0 Å². The van der Waals surface area contributed by atoms with E-state index in [9.17, 15) is 4.79 Å². The standard InChI is InChI=1S/C25H24N2O2/c1-19(2)27(17-21-6-4-3-5-7-21)25(28)18-29-24-14-12-23(13-15-24)22-10-8-20(16-26)9-11-22/h3-15,19H,17-18H2,1-2H3. The summed E-state index contributed by atoms with van der Waals surface area (Å²) < 4.78 is 5.73. The minimum Gasteiger partial charge on any atom is -0.484 e. The number of amides is 1. The zero-order chi connectivity index (χ0) is 20.6. The van der Waals surface area contributed by atoms with Crippen molar-refractivity contribution in [2.45, 2.75) is 26.4 Å². The highest BCUT2D eigenvalue weighted by Gasteiger charge is 2.18. The molecule has 0 saturated carbocycles. The van der Waals surface area contributed by atoms with Gasteiger partial charge in [0.2, 0.25) is 0 Å². The van der Waals surface area contributed by atoms with E-state index in [4.69, 9.17) is 10.00 Å². The van der Waals surface area contributed by atoms with Gasteiger partial charge in [0.15, 0.2) is 6.61 Å². The first kappa shape index (κ1) is 20.2. The summed E-state index contributed by atoms with van der Waals surface area (Å²) >= 11 is 0. The van der Waals surface area contributed by atoms with Crippen molar-refractivity contribution in [2.75, 3.05) is 6.61 Å². The fourth-order valence-electron chi connectivity index (χ4n) is 3.05. The average molecular weight is 384 g/mol. The molecule has 0 aliphatic rings. The maximum Gasteiger partial charge on any atom is 0.261 e. The number of nitriles is 1. The summed E-state index contributed by atoms with van der Waals surface area (Å²) in [6, 6.07) is 27.2. The summed E-state index contributed by atoms with van der Waals surface area (Å²) in [5.74, 6) is 0.610. The molecule has 0 heterocycles. The molecule has 4 heteroatoms. The summed E-state index contributed by atoms with van der Waals surface area (Å²) in [6.07, 6.45) is 0. The van der Waals surface area contributed by atoms with Crippen LogP contribution in [0.3, 0.4) is 0 Å². The van der Waals surface area contributed by atoms with Crippen LogP contribution in [0.2, 0.25) is 0 Å². The topological polar surface area (TPSA) is 53.3 Å². The van der Waals surface area contributed by atoms with Crippen molar-refractivity contribution in [3.8, 4) is 22.9 Å². The number of hydrogen-bond donors (Lipinski definition) is 0. The van der Waals surface area contributed by atoms with Crippen LogP contribution in [0, 0.1) is 11.3 Å². The molecule has 4 nitrogen and oxygen atoms in total. The van der Waals surface area contributed by atoms with E-state index in [-0.39, 0.29) is 18.6 Å². The second-order valence-electron chi connectivity index (χ2n) is 7.10. The molecule has 0 fully saturated rings. The van der Waals surface area contributed by atoms with Gasteiger partial charge in [-0.15, -0.1) is 0 Å². The minimum atomic E-state index is -0.0416. The Kier molecular flexibility index (Phi) is 6.65. The van der Waals surface area contributed by atoms with E-state index in [2.05, 4.69) is 6.07 Å². The van der Waals surface area contributed by atoms with Crippen molar-refractivity contribution in [3.05, 3.63) is 90.0 Å². The maximum atomic E-state index is 12.7. The van der Waals surface area contributed by atoms with E-state index >= 15 is 0 Å². The molecule has 1 amide bonds. The fourth-order valence-corrected chi connectivity index (χ4v) is 3.05. The molecular formula is C25H24N2O2. The molecule has 3 aromatic carbocycles. The zero-order valence-electron chi connectivity index (χ0n) is 16.7. The SMILES string of the molecule is CC(C)N(Cc1ccccc1)C(=O)COc1ccc(-c2ccc(C#N)cc2)cc1. The van der Waals surface area contributed by atoms with Crippen LogP contribution in [0.1, 0.15) is 25.0 Å². The predicted molar refractivity (Wildman–Crippen MR) is 114 cm³/mol. The van der Waals surface area contributed by atoms with E-state index in [1.54, 1.807) is 12.1 Å². The molecule has 0 spiro atoms. The van der Waals surface area contributed by atoms with E-state index < -0.39 is 0 Å². The van der Waals surface area contributed by atoms with Crippen LogP contribution in [0.15, 0.2) is 78.9 Å². The third kappa shape index (κ3) is 5.46. The Morgan fingerprint density at radius 2 is 1.52 bits per heavy atom. The van der Waals surface area contributed by atoms with Gasteiger partial charge in [0.1, 0.15) is 5.75 Å². The Morgan fingerprint density at radius 1 is 0.931 bits per heavy atom. The van der Waals surface area contributed by atoms with Crippen molar-refractivity contribution >= 4 is 5.91 Å².